The largest absolute Gasteiger partial charge is 0.393 e. The minimum atomic E-state index is -0.235. The van der Waals surface area contributed by atoms with Crippen LogP contribution in [-0.2, 0) is 9.59 Å². The lowest BCUT2D eigenvalue weighted by molar-refractivity contribution is -0.144. The van der Waals surface area contributed by atoms with E-state index in [2.05, 4.69) is 4.90 Å². The molecule has 2 aliphatic carbocycles. The number of rotatable bonds is 3. The van der Waals surface area contributed by atoms with Gasteiger partial charge in [-0.15, -0.1) is 0 Å². The van der Waals surface area contributed by atoms with Gasteiger partial charge in [0.1, 0.15) is 0 Å². The van der Waals surface area contributed by atoms with Crippen molar-refractivity contribution in [2.24, 2.45) is 11.8 Å². The summed E-state index contributed by atoms with van der Waals surface area (Å²) < 4.78 is 0. The van der Waals surface area contributed by atoms with Crippen LogP contribution < -0.4 is 0 Å². The molecule has 2 amide bonds. The molecule has 2 saturated heterocycles. The standard InChI is InChI=1S/C20H32N2O3/c23-18-10-3-7-14(18)16-9-4-13-22(16)20(25)15-6-1-2-8-17(15)21-12-5-11-19(21)24/h14-18,23H,1-13H2/t14?,15-,16?,17+,18?/m1/s1. The Hall–Kier alpha value is -1.10. The van der Waals surface area contributed by atoms with Crippen molar-refractivity contribution in [1.29, 1.82) is 0 Å². The van der Waals surface area contributed by atoms with Crippen LogP contribution in [0, 0.1) is 11.8 Å². The van der Waals surface area contributed by atoms with Gasteiger partial charge in [0.05, 0.1) is 12.0 Å². The molecule has 140 valence electrons. The van der Waals surface area contributed by atoms with Crippen LogP contribution in [0.25, 0.3) is 0 Å². The third-order valence-electron chi connectivity index (χ3n) is 7.17. The lowest BCUT2D eigenvalue weighted by atomic mass is 9.82. The maximum Gasteiger partial charge on any atom is 0.228 e. The van der Waals surface area contributed by atoms with Gasteiger partial charge in [0.2, 0.25) is 11.8 Å². The second kappa shape index (κ2) is 7.26. The van der Waals surface area contributed by atoms with Crippen molar-refractivity contribution in [3.8, 4) is 0 Å². The molecule has 0 bridgehead atoms. The molecule has 5 nitrogen and oxygen atoms in total. The van der Waals surface area contributed by atoms with E-state index >= 15 is 0 Å². The highest BCUT2D eigenvalue weighted by Gasteiger charge is 2.45. The van der Waals surface area contributed by atoms with E-state index in [1.165, 1.54) is 0 Å². The summed E-state index contributed by atoms with van der Waals surface area (Å²) >= 11 is 0. The van der Waals surface area contributed by atoms with Crippen molar-refractivity contribution >= 4 is 11.8 Å². The number of likely N-dealkylation sites (tertiary alicyclic amines) is 2. The molecule has 2 saturated carbocycles. The predicted octanol–water partition coefficient (Wildman–Crippen LogP) is 2.32. The minimum Gasteiger partial charge on any atom is -0.393 e. The quantitative estimate of drug-likeness (QED) is 0.851. The number of hydrogen-bond acceptors (Lipinski definition) is 3. The molecule has 1 N–H and O–H groups in total. The molecule has 0 aromatic rings. The van der Waals surface area contributed by atoms with Gasteiger partial charge in [-0.1, -0.05) is 19.3 Å². The third-order valence-corrected chi connectivity index (χ3v) is 7.17. The highest BCUT2D eigenvalue weighted by atomic mass is 16.3. The molecular weight excluding hydrogens is 316 g/mol. The van der Waals surface area contributed by atoms with E-state index in [-0.39, 0.29) is 41.8 Å². The van der Waals surface area contributed by atoms with Crippen LogP contribution in [0.2, 0.25) is 0 Å². The first-order chi connectivity index (χ1) is 12.2. The normalized spacial score (nSPS) is 39.4. The summed E-state index contributed by atoms with van der Waals surface area (Å²) in [5, 5.41) is 10.3. The number of amides is 2. The molecule has 25 heavy (non-hydrogen) atoms. The Bertz CT molecular complexity index is 523. The molecule has 5 heteroatoms. The van der Waals surface area contributed by atoms with Crippen molar-refractivity contribution in [3.05, 3.63) is 0 Å². The van der Waals surface area contributed by atoms with Crippen molar-refractivity contribution in [3.63, 3.8) is 0 Å². The topological polar surface area (TPSA) is 60.9 Å². The van der Waals surface area contributed by atoms with Gasteiger partial charge in [0, 0.05) is 37.5 Å². The number of aliphatic hydroxyl groups is 1. The molecule has 4 rings (SSSR count). The lowest BCUT2D eigenvalue weighted by Crippen LogP contribution is -2.52. The van der Waals surface area contributed by atoms with Crippen LogP contribution in [0.15, 0.2) is 0 Å². The van der Waals surface area contributed by atoms with Gasteiger partial charge in [-0.25, -0.2) is 0 Å². The zero-order valence-corrected chi connectivity index (χ0v) is 15.2. The van der Waals surface area contributed by atoms with Gasteiger partial charge in [-0.05, 0) is 44.9 Å². The molecule has 2 aliphatic heterocycles. The van der Waals surface area contributed by atoms with Crippen molar-refractivity contribution < 1.29 is 14.7 Å². The second-order valence-corrected chi connectivity index (χ2v) is 8.55. The molecule has 5 atom stereocenters. The Morgan fingerprint density at radius 2 is 1.68 bits per heavy atom. The van der Waals surface area contributed by atoms with E-state index < -0.39 is 0 Å². The lowest BCUT2D eigenvalue weighted by Gasteiger charge is -2.41. The van der Waals surface area contributed by atoms with E-state index in [0.29, 0.717) is 6.42 Å². The molecule has 4 fully saturated rings. The average Bonchev–Trinajstić information content (AvgIpc) is 3.34. The SMILES string of the molecule is O=C([C@@H]1CCCC[C@@H]1N1CCCC1=O)N1CCCC1C1CCCC1O. The molecule has 2 heterocycles. The van der Waals surface area contributed by atoms with Crippen molar-refractivity contribution in [2.45, 2.75) is 88.8 Å². The Labute approximate surface area is 150 Å². The Morgan fingerprint density at radius 1 is 0.880 bits per heavy atom. The van der Waals surface area contributed by atoms with Crippen molar-refractivity contribution in [2.75, 3.05) is 13.1 Å². The second-order valence-electron chi connectivity index (χ2n) is 8.55. The number of carbonyl (C=O) groups is 2. The zero-order chi connectivity index (χ0) is 17.4. The first-order valence-electron chi connectivity index (χ1n) is 10.4. The molecule has 0 spiro atoms. The zero-order valence-electron chi connectivity index (χ0n) is 15.2. The fraction of sp³-hybridized carbons (Fsp3) is 0.900. The highest BCUT2D eigenvalue weighted by Crippen LogP contribution is 2.39. The summed E-state index contributed by atoms with van der Waals surface area (Å²) in [4.78, 5) is 29.8. The molecule has 0 radical (unpaired) electrons. The summed E-state index contributed by atoms with van der Waals surface area (Å²) in [6.45, 7) is 1.67. The molecule has 3 unspecified atom stereocenters. The number of nitrogens with zero attached hydrogens (tertiary/aromatic N) is 2. The van der Waals surface area contributed by atoms with Crippen LogP contribution in [0.3, 0.4) is 0 Å². The fourth-order valence-electron chi connectivity index (χ4n) is 5.93. The van der Waals surface area contributed by atoms with Crippen LogP contribution in [0.1, 0.15) is 70.6 Å². The number of hydrogen-bond donors (Lipinski definition) is 1. The van der Waals surface area contributed by atoms with Gasteiger partial charge in [-0.2, -0.15) is 0 Å². The fourth-order valence-corrected chi connectivity index (χ4v) is 5.93. The van der Waals surface area contributed by atoms with Crippen LogP contribution >= 0.6 is 0 Å². The smallest absolute Gasteiger partial charge is 0.228 e. The average molecular weight is 348 g/mol. The van der Waals surface area contributed by atoms with Crippen LogP contribution in [-0.4, -0.2) is 58.0 Å². The molecular formula is C20H32N2O3. The molecule has 4 aliphatic rings. The van der Waals surface area contributed by atoms with E-state index in [9.17, 15) is 14.7 Å². The van der Waals surface area contributed by atoms with Gasteiger partial charge < -0.3 is 14.9 Å². The van der Waals surface area contributed by atoms with Crippen molar-refractivity contribution in [1.82, 2.24) is 9.80 Å². The predicted molar refractivity (Wildman–Crippen MR) is 94.8 cm³/mol. The Balaban J connectivity index is 1.50. The maximum atomic E-state index is 13.5. The monoisotopic (exact) mass is 348 g/mol. The van der Waals surface area contributed by atoms with Crippen LogP contribution in [0.4, 0.5) is 0 Å². The summed E-state index contributed by atoms with van der Waals surface area (Å²) in [7, 11) is 0. The van der Waals surface area contributed by atoms with Gasteiger partial charge in [-0.3, -0.25) is 9.59 Å². The van der Waals surface area contributed by atoms with Gasteiger partial charge >= 0.3 is 0 Å². The van der Waals surface area contributed by atoms with Crippen LogP contribution in [0.5, 0.6) is 0 Å². The third kappa shape index (κ3) is 3.20. The minimum absolute atomic E-state index is 0.0186. The maximum absolute atomic E-state index is 13.5. The van der Waals surface area contributed by atoms with E-state index in [0.717, 1.165) is 77.3 Å². The Kier molecular flexibility index (Phi) is 5.03. The summed E-state index contributed by atoms with van der Waals surface area (Å²) in [5.41, 5.74) is 0. The highest BCUT2D eigenvalue weighted by molar-refractivity contribution is 5.83. The first kappa shape index (κ1) is 17.3. The van der Waals surface area contributed by atoms with Gasteiger partial charge in [0.25, 0.3) is 0 Å². The number of carbonyl (C=O) groups excluding carboxylic acids is 2. The van der Waals surface area contributed by atoms with E-state index in [1.54, 1.807) is 0 Å². The number of aliphatic hydroxyl groups excluding tert-OH is 1. The Morgan fingerprint density at radius 3 is 2.40 bits per heavy atom. The van der Waals surface area contributed by atoms with E-state index in [1.807, 2.05) is 4.90 Å². The van der Waals surface area contributed by atoms with Gasteiger partial charge in [0.15, 0.2) is 0 Å². The molecule has 0 aromatic carbocycles. The summed E-state index contributed by atoms with van der Waals surface area (Å²) in [5.74, 6) is 0.761. The first-order valence-corrected chi connectivity index (χ1v) is 10.4. The van der Waals surface area contributed by atoms with E-state index in [4.69, 9.17) is 0 Å². The summed E-state index contributed by atoms with van der Waals surface area (Å²) in [6.07, 6.45) is 10.6. The molecule has 0 aromatic heterocycles. The summed E-state index contributed by atoms with van der Waals surface area (Å²) in [6, 6.07) is 0.341.